The van der Waals surface area contributed by atoms with Gasteiger partial charge in [0.15, 0.2) is 5.82 Å². The van der Waals surface area contributed by atoms with Crippen molar-refractivity contribution in [1.82, 2.24) is 20.2 Å². The second kappa shape index (κ2) is 6.98. The first-order valence-electron chi connectivity index (χ1n) is 9.23. The number of hydrogen-bond acceptors (Lipinski definition) is 5. The number of rotatable bonds is 3. The molecule has 0 radical (unpaired) electrons. The maximum atomic E-state index is 12.8. The van der Waals surface area contributed by atoms with Crippen LogP contribution in [0.4, 0.5) is 5.82 Å². The molecule has 1 saturated heterocycles. The normalized spacial score (nSPS) is 18.8. The lowest BCUT2D eigenvalue weighted by Gasteiger charge is -2.32. The van der Waals surface area contributed by atoms with Gasteiger partial charge in [0.05, 0.1) is 12.2 Å². The smallest absolute Gasteiger partial charge is 0.245 e. The molecule has 1 N–H and O–H groups in total. The fourth-order valence-corrected chi connectivity index (χ4v) is 3.70. The van der Waals surface area contributed by atoms with Crippen molar-refractivity contribution in [3.8, 4) is 11.4 Å². The summed E-state index contributed by atoms with van der Waals surface area (Å²) in [6.07, 6.45) is 1.71. The van der Waals surface area contributed by atoms with Gasteiger partial charge in [-0.1, -0.05) is 30.3 Å². The minimum Gasteiger partial charge on any atom is -0.362 e. The zero-order valence-electron chi connectivity index (χ0n) is 15.6. The Morgan fingerprint density at radius 1 is 1.19 bits per heavy atom. The molecule has 140 valence electrons. The lowest BCUT2D eigenvalue weighted by atomic mass is 10.0. The Balaban J connectivity index is 1.66. The molecule has 2 aliphatic heterocycles. The van der Waals surface area contributed by atoms with Crippen molar-refractivity contribution in [1.29, 1.82) is 0 Å². The summed E-state index contributed by atoms with van der Waals surface area (Å²) in [6.45, 7) is 1.07. The monoisotopic (exact) mass is 365 g/mol. The minimum absolute atomic E-state index is 0.0159. The third kappa shape index (κ3) is 3.37. The van der Waals surface area contributed by atoms with Crippen LogP contribution in [0.15, 0.2) is 30.3 Å². The molecular formula is C20H23N5O2. The molecule has 1 fully saturated rings. The van der Waals surface area contributed by atoms with E-state index >= 15 is 0 Å². The van der Waals surface area contributed by atoms with E-state index in [1.165, 1.54) is 0 Å². The van der Waals surface area contributed by atoms with Gasteiger partial charge in [-0.2, -0.15) is 0 Å². The van der Waals surface area contributed by atoms with Crippen LogP contribution >= 0.6 is 0 Å². The number of aromatic nitrogens is 2. The minimum atomic E-state index is -0.400. The molecule has 2 aromatic rings. The maximum absolute atomic E-state index is 12.8. The lowest BCUT2D eigenvalue weighted by Crippen LogP contribution is -2.46. The van der Waals surface area contributed by atoms with Crippen LogP contribution in [0, 0.1) is 0 Å². The van der Waals surface area contributed by atoms with Crippen LogP contribution in [0.25, 0.3) is 11.4 Å². The molecule has 1 aromatic heterocycles. The van der Waals surface area contributed by atoms with E-state index in [1.807, 2.05) is 49.3 Å². The number of hydrogen-bond donors (Lipinski definition) is 1. The van der Waals surface area contributed by atoms with Crippen molar-refractivity contribution < 1.29 is 9.59 Å². The molecule has 27 heavy (non-hydrogen) atoms. The fourth-order valence-electron chi connectivity index (χ4n) is 3.70. The largest absolute Gasteiger partial charge is 0.362 e. The number of nitrogens with one attached hydrogen (secondary N) is 1. The second-order valence-corrected chi connectivity index (χ2v) is 7.23. The molecule has 1 aromatic carbocycles. The average Bonchev–Trinajstić information content (AvgIpc) is 3.13. The van der Waals surface area contributed by atoms with Gasteiger partial charge >= 0.3 is 0 Å². The first-order valence-corrected chi connectivity index (χ1v) is 9.23. The summed E-state index contributed by atoms with van der Waals surface area (Å²) in [6, 6.07) is 9.47. The number of fused-ring (bicyclic) bond motifs is 1. The molecule has 2 aliphatic rings. The van der Waals surface area contributed by atoms with Crippen LogP contribution < -0.4 is 10.2 Å². The molecular weight excluding hydrogens is 342 g/mol. The Hall–Kier alpha value is -2.96. The highest BCUT2D eigenvalue weighted by Crippen LogP contribution is 2.29. The molecule has 0 spiro atoms. The number of nitrogens with zero attached hydrogens (tertiary/aromatic N) is 4. The molecule has 1 atom stereocenters. The molecule has 0 bridgehead atoms. The van der Waals surface area contributed by atoms with Crippen molar-refractivity contribution in [2.24, 2.45) is 0 Å². The van der Waals surface area contributed by atoms with Gasteiger partial charge in [-0.25, -0.2) is 9.97 Å². The van der Waals surface area contributed by atoms with Crippen molar-refractivity contribution >= 4 is 17.6 Å². The summed E-state index contributed by atoms with van der Waals surface area (Å²) in [4.78, 5) is 37.6. The number of benzene rings is 1. The summed E-state index contributed by atoms with van der Waals surface area (Å²) in [5.74, 6) is 1.51. The zero-order chi connectivity index (χ0) is 19.0. The molecule has 3 heterocycles. The van der Waals surface area contributed by atoms with E-state index in [0.717, 1.165) is 22.6 Å². The Kier molecular flexibility index (Phi) is 4.51. The quantitative estimate of drug-likeness (QED) is 0.889. The predicted octanol–water partition coefficient (Wildman–Crippen LogP) is 1.37. The van der Waals surface area contributed by atoms with Gasteiger partial charge < -0.3 is 15.1 Å². The van der Waals surface area contributed by atoms with Crippen LogP contribution in [0.2, 0.25) is 0 Å². The third-order valence-electron chi connectivity index (χ3n) is 5.10. The standard InChI is InChI=1S/C20H23N5O2/c1-24(2)19-14-10-11-25(20(27)15-8-9-17(26)21-15)12-16(14)22-18(23-19)13-6-4-3-5-7-13/h3-7,15H,8-12H2,1-2H3,(H,21,26)/t15-/m0/s1. The highest BCUT2D eigenvalue weighted by atomic mass is 16.2. The van der Waals surface area contributed by atoms with E-state index in [0.29, 0.717) is 38.2 Å². The molecule has 0 saturated carbocycles. The molecule has 7 heteroatoms. The van der Waals surface area contributed by atoms with E-state index in [9.17, 15) is 9.59 Å². The van der Waals surface area contributed by atoms with Crippen molar-refractivity contribution in [3.63, 3.8) is 0 Å². The van der Waals surface area contributed by atoms with Crippen LogP contribution in [0.1, 0.15) is 24.1 Å². The van der Waals surface area contributed by atoms with Gasteiger partial charge in [0.25, 0.3) is 0 Å². The van der Waals surface area contributed by atoms with E-state index in [1.54, 1.807) is 4.90 Å². The molecule has 2 amide bonds. The van der Waals surface area contributed by atoms with Gasteiger partial charge in [-0.15, -0.1) is 0 Å². The van der Waals surface area contributed by atoms with E-state index < -0.39 is 6.04 Å². The van der Waals surface area contributed by atoms with Gasteiger partial charge in [0.2, 0.25) is 11.8 Å². The van der Waals surface area contributed by atoms with Crippen LogP contribution in [0.3, 0.4) is 0 Å². The van der Waals surface area contributed by atoms with Crippen LogP contribution in [0.5, 0.6) is 0 Å². The van der Waals surface area contributed by atoms with Crippen LogP contribution in [-0.4, -0.2) is 53.4 Å². The first-order chi connectivity index (χ1) is 13.0. The van der Waals surface area contributed by atoms with Gasteiger partial charge in [-0.3, -0.25) is 9.59 Å². The SMILES string of the molecule is CN(C)c1nc(-c2ccccc2)nc2c1CCN(C(=O)[C@@H]1CCC(=O)N1)C2. The maximum Gasteiger partial charge on any atom is 0.245 e. The highest BCUT2D eigenvalue weighted by molar-refractivity contribution is 5.91. The Morgan fingerprint density at radius 2 is 1.96 bits per heavy atom. The van der Waals surface area contributed by atoms with Crippen molar-refractivity contribution in [3.05, 3.63) is 41.6 Å². The number of carbonyl (C=O) groups excluding carboxylic acids is 2. The molecule has 7 nitrogen and oxygen atoms in total. The molecule has 0 unspecified atom stereocenters. The summed E-state index contributed by atoms with van der Waals surface area (Å²) in [7, 11) is 3.95. The summed E-state index contributed by atoms with van der Waals surface area (Å²) < 4.78 is 0. The molecule has 4 rings (SSSR count). The van der Waals surface area contributed by atoms with Gasteiger partial charge in [0, 0.05) is 38.2 Å². The summed E-state index contributed by atoms with van der Waals surface area (Å²) in [5.41, 5.74) is 2.94. The third-order valence-corrected chi connectivity index (χ3v) is 5.10. The first kappa shape index (κ1) is 17.5. The number of amides is 2. The predicted molar refractivity (Wildman–Crippen MR) is 102 cm³/mol. The lowest BCUT2D eigenvalue weighted by molar-refractivity contribution is -0.135. The van der Waals surface area contributed by atoms with E-state index in [-0.39, 0.29) is 11.8 Å². The Morgan fingerprint density at radius 3 is 2.63 bits per heavy atom. The van der Waals surface area contributed by atoms with Crippen molar-refractivity contribution in [2.75, 3.05) is 25.5 Å². The second-order valence-electron chi connectivity index (χ2n) is 7.23. The fraction of sp³-hybridized carbons (Fsp3) is 0.400. The Bertz CT molecular complexity index is 881. The van der Waals surface area contributed by atoms with Crippen molar-refractivity contribution in [2.45, 2.75) is 31.8 Å². The summed E-state index contributed by atoms with van der Waals surface area (Å²) >= 11 is 0. The highest BCUT2D eigenvalue weighted by Gasteiger charge is 2.33. The topological polar surface area (TPSA) is 78.4 Å². The Labute approximate surface area is 158 Å². The number of carbonyl (C=O) groups is 2. The number of anilines is 1. The van der Waals surface area contributed by atoms with Crippen LogP contribution in [-0.2, 0) is 22.6 Å². The van der Waals surface area contributed by atoms with E-state index in [4.69, 9.17) is 9.97 Å². The van der Waals surface area contributed by atoms with Gasteiger partial charge in [-0.05, 0) is 12.8 Å². The zero-order valence-corrected chi connectivity index (χ0v) is 15.6. The van der Waals surface area contributed by atoms with E-state index in [2.05, 4.69) is 5.32 Å². The average molecular weight is 365 g/mol. The van der Waals surface area contributed by atoms with Gasteiger partial charge in [0.1, 0.15) is 11.9 Å². The molecule has 0 aliphatic carbocycles. The summed E-state index contributed by atoms with van der Waals surface area (Å²) in [5, 5.41) is 2.77.